The van der Waals surface area contributed by atoms with Crippen LogP contribution in [0, 0.1) is 0 Å². The van der Waals surface area contributed by atoms with E-state index in [0.29, 0.717) is 11.3 Å². The van der Waals surface area contributed by atoms with Gasteiger partial charge in [-0.25, -0.2) is 5.43 Å². The van der Waals surface area contributed by atoms with Crippen molar-refractivity contribution in [2.75, 3.05) is 0 Å². The van der Waals surface area contributed by atoms with Crippen molar-refractivity contribution in [1.29, 1.82) is 0 Å². The Labute approximate surface area is 152 Å². The van der Waals surface area contributed by atoms with E-state index >= 15 is 0 Å². The van der Waals surface area contributed by atoms with Gasteiger partial charge in [-0.05, 0) is 11.1 Å². The number of carbonyl (C=O) groups is 1. The summed E-state index contributed by atoms with van der Waals surface area (Å²) >= 11 is 0. The molecule has 4 nitrogen and oxygen atoms in total. The molecule has 3 rings (SSSR count). The first-order valence-corrected chi connectivity index (χ1v) is 8.43. The molecule has 0 aromatic heterocycles. The van der Waals surface area contributed by atoms with Crippen LogP contribution >= 0.6 is 0 Å². The smallest absolute Gasteiger partial charge is 0.244 e. The first-order valence-electron chi connectivity index (χ1n) is 8.43. The molecule has 2 N–H and O–H groups in total. The fourth-order valence-electron chi connectivity index (χ4n) is 2.63. The molecule has 1 atom stereocenters. The third kappa shape index (κ3) is 4.65. The zero-order valence-electron chi connectivity index (χ0n) is 14.2. The molecule has 0 fully saturated rings. The molecule has 0 spiro atoms. The van der Waals surface area contributed by atoms with E-state index in [9.17, 15) is 9.90 Å². The van der Waals surface area contributed by atoms with E-state index in [1.54, 1.807) is 0 Å². The number of amides is 1. The lowest BCUT2D eigenvalue weighted by Gasteiger charge is -2.15. The van der Waals surface area contributed by atoms with Crippen LogP contribution < -0.4 is 5.43 Å². The number of carbonyl (C=O) groups excluding carboxylic acids is 1. The van der Waals surface area contributed by atoms with E-state index in [0.717, 1.165) is 11.1 Å². The van der Waals surface area contributed by atoms with Crippen molar-refractivity contribution in [2.24, 2.45) is 5.10 Å². The second kappa shape index (κ2) is 8.74. The van der Waals surface area contributed by atoms with Crippen molar-refractivity contribution < 1.29 is 9.90 Å². The number of hydrogen-bond acceptors (Lipinski definition) is 3. The number of aliphatic hydroxyl groups is 1. The van der Waals surface area contributed by atoms with E-state index in [-0.39, 0.29) is 12.3 Å². The predicted octanol–water partition coefficient (Wildman–Crippen LogP) is 3.48. The topological polar surface area (TPSA) is 61.7 Å². The van der Waals surface area contributed by atoms with Gasteiger partial charge in [0.2, 0.25) is 5.91 Å². The van der Waals surface area contributed by atoms with Crippen LogP contribution in [0.5, 0.6) is 0 Å². The molecule has 0 radical (unpaired) electrons. The lowest BCUT2D eigenvalue weighted by Crippen LogP contribution is -2.24. The summed E-state index contributed by atoms with van der Waals surface area (Å²) in [6, 6.07) is 28.1. The second-order valence-corrected chi connectivity index (χ2v) is 5.87. The maximum Gasteiger partial charge on any atom is 0.244 e. The SMILES string of the molecule is O=C(Cc1ccccc1)N/N=C(\c1ccccc1)[C@H](O)c1ccccc1. The highest BCUT2D eigenvalue weighted by atomic mass is 16.3. The highest BCUT2D eigenvalue weighted by molar-refractivity contribution is 6.04. The van der Waals surface area contributed by atoms with Gasteiger partial charge in [-0.1, -0.05) is 91.0 Å². The van der Waals surface area contributed by atoms with Crippen LogP contribution in [0.25, 0.3) is 0 Å². The summed E-state index contributed by atoms with van der Waals surface area (Å²) in [5.41, 5.74) is 5.35. The van der Waals surface area contributed by atoms with Crippen molar-refractivity contribution in [3.8, 4) is 0 Å². The molecule has 0 aliphatic carbocycles. The zero-order chi connectivity index (χ0) is 18.2. The van der Waals surface area contributed by atoms with Gasteiger partial charge in [-0.15, -0.1) is 0 Å². The molecule has 0 aliphatic heterocycles. The fraction of sp³-hybridized carbons (Fsp3) is 0.0909. The van der Waals surface area contributed by atoms with Crippen LogP contribution in [0.1, 0.15) is 22.8 Å². The van der Waals surface area contributed by atoms with Crippen molar-refractivity contribution in [2.45, 2.75) is 12.5 Å². The molecule has 0 saturated heterocycles. The number of rotatable bonds is 6. The van der Waals surface area contributed by atoms with E-state index in [2.05, 4.69) is 10.5 Å². The Bertz CT molecular complexity index is 862. The van der Waals surface area contributed by atoms with Crippen LogP contribution in [0.2, 0.25) is 0 Å². The van der Waals surface area contributed by atoms with Crippen molar-refractivity contribution >= 4 is 11.6 Å². The normalized spacial score (nSPS) is 12.4. The maximum absolute atomic E-state index is 12.2. The quantitative estimate of drug-likeness (QED) is 0.531. The summed E-state index contributed by atoms with van der Waals surface area (Å²) in [7, 11) is 0. The molecule has 0 saturated carbocycles. The van der Waals surface area contributed by atoms with E-state index in [1.165, 1.54) is 0 Å². The average molecular weight is 344 g/mol. The van der Waals surface area contributed by atoms with Crippen molar-refractivity contribution in [1.82, 2.24) is 5.43 Å². The summed E-state index contributed by atoms with van der Waals surface area (Å²) < 4.78 is 0. The van der Waals surface area contributed by atoms with Crippen LogP contribution in [0.15, 0.2) is 96.1 Å². The third-order valence-corrected chi connectivity index (χ3v) is 3.95. The Balaban J connectivity index is 1.81. The van der Waals surface area contributed by atoms with Gasteiger partial charge < -0.3 is 5.11 Å². The van der Waals surface area contributed by atoms with Gasteiger partial charge in [0.05, 0.1) is 6.42 Å². The molecule has 130 valence electrons. The number of aliphatic hydroxyl groups excluding tert-OH is 1. The number of nitrogens with one attached hydrogen (secondary N) is 1. The van der Waals surface area contributed by atoms with Crippen LogP contribution in [-0.2, 0) is 11.2 Å². The van der Waals surface area contributed by atoms with Crippen molar-refractivity contribution in [3.05, 3.63) is 108 Å². The lowest BCUT2D eigenvalue weighted by molar-refractivity contribution is -0.120. The third-order valence-electron chi connectivity index (χ3n) is 3.95. The van der Waals surface area contributed by atoms with E-state index in [1.807, 2.05) is 91.0 Å². The van der Waals surface area contributed by atoms with Crippen LogP contribution in [0.3, 0.4) is 0 Å². The molecule has 0 heterocycles. The Morgan fingerprint density at radius 1 is 0.846 bits per heavy atom. The molecule has 0 unspecified atom stereocenters. The van der Waals surface area contributed by atoms with Gasteiger partial charge in [0.25, 0.3) is 0 Å². The first-order chi connectivity index (χ1) is 12.7. The molecular weight excluding hydrogens is 324 g/mol. The summed E-state index contributed by atoms with van der Waals surface area (Å²) in [6.07, 6.45) is -0.705. The highest BCUT2D eigenvalue weighted by Crippen LogP contribution is 2.19. The Morgan fingerprint density at radius 3 is 2.00 bits per heavy atom. The summed E-state index contributed by atoms with van der Waals surface area (Å²) in [6.45, 7) is 0. The molecule has 1 amide bonds. The molecule has 26 heavy (non-hydrogen) atoms. The van der Waals surface area contributed by atoms with Crippen LogP contribution in [-0.4, -0.2) is 16.7 Å². The molecule has 0 aliphatic rings. The predicted molar refractivity (Wildman–Crippen MR) is 103 cm³/mol. The second-order valence-electron chi connectivity index (χ2n) is 5.87. The fourth-order valence-corrected chi connectivity index (χ4v) is 2.63. The largest absolute Gasteiger partial charge is 0.382 e. The average Bonchev–Trinajstić information content (AvgIpc) is 2.70. The highest BCUT2D eigenvalue weighted by Gasteiger charge is 2.17. The van der Waals surface area contributed by atoms with Gasteiger partial charge >= 0.3 is 0 Å². The Hall–Kier alpha value is -3.24. The van der Waals surface area contributed by atoms with Gasteiger partial charge in [-0.2, -0.15) is 5.10 Å². The van der Waals surface area contributed by atoms with Crippen molar-refractivity contribution in [3.63, 3.8) is 0 Å². The summed E-state index contributed by atoms with van der Waals surface area (Å²) in [5.74, 6) is -0.232. The number of nitrogens with zero attached hydrogens (tertiary/aromatic N) is 1. The minimum Gasteiger partial charge on any atom is -0.382 e. The molecule has 4 heteroatoms. The van der Waals surface area contributed by atoms with Gasteiger partial charge in [-0.3, -0.25) is 4.79 Å². The standard InChI is InChI=1S/C22H20N2O2/c25-20(16-17-10-4-1-5-11-17)23-24-21(18-12-6-2-7-13-18)22(26)19-14-8-3-9-15-19/h1-15,22,26H,16H2,(H,23,25)/b24-21+/t22-/m1/s1. The zero-order valence-corrected chi connectivity index (χ0v) is 14.2. The van der Waals surface area contributed by atoms with E-state index in [4.69, 9.17) is 0 Å². The first kappa shape index (κ1) is 17.6. The molecular formula is C22H20N2O2. The number of benzene rings is 3. The minimum absolute atomic E-state index is 0.230. The summed E-state index contributed by atoms with van der Waals surface area (Å²) in [5, 5.41) is 15.0. The van der Waals surface area contributed by atoms with Gasteiger partial charge in [0, 0.05) is 5.56 Å². The minimum atomic E-state index is -0.935. The summed E-state index contributed by atoms with van der Waals surface area (Å²) in [4.78, 5) is 12.2. The molecule has 0 bridgehead atoms. The Morgan fingerprint density at radius 2 is 1.38 bits per heavy atom. The maximum atomic E-state index is 12.2. The monoisotopic (exact) mass is 344 g/mol. The van der Waals surface area contributed by atoms with Gasteiger partial charge in [0.15, 0.2) is 0 Å². The lowest BCUT2D eigenvalue weighted by atomic mass is 9.99. The molecule has 3 aromatic carbocycles. The molecule has 3 aromatic rings. The van der Waals surface area contributed by atoms with E-state index < -0.39 is 6.10 Å². The number of hydrogen-bond donors (Lipinski definition) is 2. The van der Waals surface area contributed by atoms with Crippen LogP contribution in [0.4, 0.5) is 0 Å². The number of hydrazone groups is 1. The van der Waals surface area contributed by atoms with Gasteiger partial charge in [0.1, 0.15) is 11.8 Å². The Kier molecular flexibility index (Phi) is 5.91.